The molecule has 0 fully saturated rings. The van der Waals surface area contributed by atoms with Crippen LogP contribution in [-0.4, -0.2) is 55.4 Å². The van der Waals surface area contributed by atoms with Gasteiger partial charge in [-0.3, -0.25) is 14.4 Å². The lowest BCUT2D eigenvalue weighted by Gasteiger charge is -2.23. The first-order chi connectivity index (χ1) is 16.4. The highest BCUT2D eigenvalue weighted by molar-refractivity contribution is 7.19. The first kappa shape index (κ1) is 23.8. The minimum atomic E-state index is -0.248. The number of carbonyl (C=O) groups is 3. The fourth-order valence-corrected chi connectivity index (χ4v) is 5.18. The second-order valence-corrected chi connectivity index (χ2v) is 9.64. The number of thiophene rings is 1. The smallest absolute Gasteiger partial charge is 0.255 e. The largest absolute Gasteiger partial charge is 0.491 e. The topological polar surface area (TPSA) is 87.7 Å². The van der Waals surface area contributed by atoms with Crippen molar-refractivity contribution < 1.29 is 19.1 Å². The molecule has 4 rings (SSSR count). The van der Waals surface area contributed by atoms with Crippen LogP contribution in [0.2, 0.25) is 0 Å². The van der Waals surface area contributed by atoms with Gasteiger partial charge in [0, 0.05) is 41.0 Å². The second kappa shape index (κ2) is 10.7. The molecule has 2 N–H and O–H groups in total. The van der Waals surface area contributed by atoms with Crippen LogP contribution in [0.1, 0.15) is 44.0 Å². The zero-order valence-corrected chi connectivity index (χ0v) is 20.3. The molecule has 34 heavy (non-hydrogen) atoms. The van der Waals surface area contributed by atoms with Gasteiger partial charge in [0.05, 0.1) is 17.7 Å². The molecule has 2 heterocycles. The number of hydrogen-bond acceptors (Lipinski definition) is 5. The molecule has 1 aromatic heterocycles. The molecule has 8 heteroatoms. The molecule has 2 aromatic carbocycles. The van der Waals surface area contributed by atoms with Gasteiger partial charge in [0.2, 0.25) is 5.91 Å². The van der Waals surface area contributed by atoms with Crippen LogP contribution in [0.25, 0.3) is 10.1 Å². The van der Waals surface area contributed by atoms with Crippen LogP contribution in [0.5, 0.6) is 5.75 Å². The molecular weight excluding hydrogens is 450 g/mol. The third-order valence-corrected chi connectivity index (χ3v) is 6.92. The summed E-state index contributed by atoms with van der Waals surface area (Å²) in [5.41, 5.74) is 2.09. The standard InChI is InChI=1S/C26H29N3O4S/c1-17-9-10-21-20(16-17)25(31)28-11-14-29(13-5-8-23(30)27-12-15-33-21)26(32)24-18(2)34-22-7-4-3-6-19(22)24/h3-4,6-7,9-10,16H,5,8,11-15H2,1-2H3,(H,27,30)(H,28,31). The van der Waals surface area contributed by atoms with Crippen LogP contribution < -0.4 is 15.4 Å². The number of benzene rings is 2. The van der Waals surface area contributed by atoms with Crippen molar-refractivity contribution >= 4 is 39.1 Å². The van der Waals surface area contributed by atoms with Gasteiger partial charge in [-0.05, 0) is 38.5 Å². The monoisotopic (exact) mass is 479 g/mol. The first-order valence-electron chi connectivity index (χ1n) is 11.5. The molecule has 3 aromatic rings. The van der Waals surface area contributed by atoms with Crippen molar-refractivity contribution in [1.82, 2.24) is 15.5 Å². The summed E-state index contributed by atoms with van der Waals surface area (Å²) in [7, 11) is 0. The zero-order chi connectivity index (χ0) is 24.1. The van der Waals surface area contributed by atoms with Gasteiger partial charge in [0.15, 0.2) is 0 Å². The van der Waals surface area contributed by atoms with Crippen molar-refractivity contribution in [2.45, 2.75) is 26.7 Å². The molecule has 0 aliphatic carbocycles. The van der Waals surface area contributed by atoms with Crippen LogP contribution in [0.3, 0.4) is 0 Å². The van der Waals surface area contributed by atoms with E-state index in [9.17, 15) is 14.4 Å². The highest BCUT2D eigenvalue weighted by Crippen LogP contribution is 2.31. The van der Waals surface area contributed by atoms with Crippen molar-refractivity contribution in [2.24, 2.45) is 0 Å². The Hall–Kier alpha value is -3.39. The molecule has 0 spiro atoms. The summed E-state index contributed by atoms with van der Waals surface area (Å²) in [6.07, 6.45) is 0.849. The van der Waals surface area contributed by atoms with Crippen LogP contribution in [0.4, 0.5) is 0 Å². The van der Waals surface area contributed by atoms with Crippen molar-refractivity contribution in [3.63, 3.8) is 0 Å². The number of nitrogens with one attached hydrogen (secondary N) is 2. The molecule has 3 amide bonds. The maximum absolute atomic E-state index is 13.6. The van der Waals surface area contributed by atoms with Crippen LogP contribution >= 0.6 is 11.3 Å². The number of nitrogens with zero attached hydrogens (tertiary/aromatic N) is 1. The molecule has 7 nitrogen and oxygen atoms in total. The van der Waals surface area contributed by atoms with Crippen molar-refractivity contribution in [1.29, 1.82) is 0 Å². The zero-order valence-electron chi connectivity index (χ0n) is 19.5. The number of ether oxygens (including phenoxy) is 1. The lowest BCUT2D eigenvalue weighted by Crippen LogP contribution is -2.39. The predicted molar refractivity (Wildman–Crippen MR) is 134 cm³/mol. The van der Waals surface area contributed by atoms with Gasteiger partial charge in [0.1, 0.15) is 12.4 Å². The van der Waals surface area contributed by atoms with Crippen LogP contribution in [-0.2, 0) is 4.79 Å². The Bertz CT molecular complexity index is 1220. The van der Waals surface area contributed by atoms with Crippen molar-refractivity contribution in [2.75, 3.05) is 32.8 Å². The van der Waals surface area contributed by atoms with Crippen molar-refractivity contribution in [3.05, 3.63) is 64.0 Å². The molecular formula is C26H29N3O4S. The van der Waals surface area contributed by atoms with Gasteiger partial charge in [-0.1, -0.05) is 29.8 Å². The van der Waals surface area contributed by atoms with Gasteiger partial charge in [-0.15, -0.1) is 11.3 Å². The summed E-state index contributed by atoms with van der Waals surface area (Å²) in [4.78, 5) is 41.5. The van der Waals surface area contributed by atoms with Crippen LogP contribution in [0.15, 0.2) is 42.5 Å². The molecule has 1 aliphatic rings. The summed E-state index contributed by atoms with van der Waals surface area (Å²) >= 11 is 1.60. The summed E-state index contributed by atoms with van der Waals surface area (Å²) < 4.78 is 6.83. The third-order valence-electron chi connectivity index (χ3n) is 5.83. The van der Waals surface area contributed by atoms with Gasteiger partial charge < -0.3 is 20.3 Å². The number of rotatable bonds is 1. The molecule has 0 radical (unpaired) electrons. The third kappa shape index (κ3) is 5.39. The summed E-state index contributed by atoms with van der Waals surface area (Å²) in [6, 6.07) is 13.3. The second-order valence-electron chi connectivity index (χ2n) is 8.38. The number of amides is 3. The Labute approximate surface area is 203 Å². The van der Waals surface area contributed by atoms with E-state index in [0.717, 1.165) is 20.5 Å². The van der Waals surface area contributed by atoms with Crippen LogP contribution in [0, 0.1) is 13.8 Å². The highest BCUT2D eigenvalue weighted by Gasteiger charge is 2.23. The maximum atomic E-state index is 13.6. The van der Waals surface area contributed by atoms with Crippen molar-refractivity contribution in [3.8, 4) is 5.75 Å². The fraction of sp³-hybridized carbons (Fsp3) is 0.346. The van der Waals surface area contributed by atoms with E-state index in [1.165, 1.54) is 0 Å². The minimum Gasteiger partial charge on any atom is -0.491 e. The van der Waals surface area contributed by atoms with Gasteiger partial charge >= 0.3 is 0 Å². The lowest BCUT2D eigenvalue weighted by molar-refractivity contribution is -0.121. The number of hydrogen-bond donors (Lipinski definition) is 2. The van der Waals surface area contributed by atoms with E-state index in [-0.39, 0.29) is 24.3 Å². The average molecular weight is 480 g/mol. The van der Waals surface area contributed by atoms with E-state index in [1.54, 1.807) is 28.4 Å². The summed E-state index contributed by atoms with van der Waals surface area (Å²) in [5, 5.41) is 6.72. The van der Waals surface area contributed by atoms with E-state index in [4.69, 9.17) is 4.74 Å². The van der Waals surface area contributed by atoms with E-state index in [1.807, 2.05) is 44.2 Å². The van der Waals surface area contributed by atoms with E-state index < -0.39 is 0 Å². The first-order valence-corrected chi connectivity index (χ1v) is 12.3. The molecule has 0 saturated carbocycles. The van der Waals surface area contributed by atoms with E-state index >= 15 is 0 Å². The Morgan fingerprint density at radius 1 is 1.03 bits per heavy atom. The minimum absolute atomic E-state index is 0.0755. The molecule has 0 unspecified atom stereocenters. The summed E-state index contributed by atoms with van der Waals surface area (Å²) in [6.45, 7) is 5.55. The Morgan fingerprint density at radius 2 is 1.85 bits per heavy atom. The number of carbonyl (C=O) groups excluding carboxylic acids is 3. The predicted octanol–water partition coefficient (Wildman–Crippen LogP) is 3.68. The number of aryl methyl sites for hydroxylation is 2. The summed E-state index contributed by atoms with van der Waals surface area (Å²) in [5.74, 6) is 0.0672. The maximum Gasteiger partial charge on any atom is 0.255 e. The van der Waals surface area contributed by atoms with Gasteiger partial charge in [-0.25, -0.2) is 0 Å². The quantitative estimate of drug-likeness (QED) is 0.557. The lowest BCUT2D eigenvalue weighted by atomic mass is 10.1. The molecule has 1 aliphatic heterocycles. The number of fused-ring (bicyclic) bond motifs is 2. The van der Waals surface area contributed by atoms with E-state index in [0.29, 0.717) is 55.9 Å². The van der Waals surface area contributed by atoms with Gasteiger partial charge in [0.25, 0.3) is 11.8 Å². The fourth-order valence-electron chi connectivity index (χ4n) is 4.12. The Morgan fingerprint density at radius 3 is 2.71 bits per heavy atom. The Kier molecular flexibility index (Phi) is 7.47. The molecule has 0 bridgehead atoms. The highest BCUT2D eigenvalue weighted by atomic mass is 32.1. The average Bonchev–Trinajstić information content (AvgIpc) is 3.16. The molecule has 178 valence electrons. The molecule has 0 saturated heterocycles. The SMILES string of the molecule is Cc1ccc2c(c1)C(=O)NCCN(C(=O)c1c(C)sc3ccccc13)CCCC(=O)NCCO2. The molecule has 0 atom stereocenters. The Balaban J connectivity index is 1.57. The van der Waals surface area contributed by atoms with Gasteiger partial charge in [-0.2, -0.15) is 0 Å². The normalized spacial score (nSPS) is 16.0. The van der Waals surface area contributed by atoms with E-state index in [2.05, 4.69) is 10.6 Å².